The maximum atomic E-state index is 12.7. The Morgan fingerprint density at radius 3 is 2.73 bits per heavy atom. The van der Waals surface area contributed by atoms with Crippen LogP contribution < -0.4 is 0 Å². The Morgan fingerprint density at radius 1 is 1.17 bits per heavy atom. The second-order valence-corrected chi connectivity index (χ2v) is 8.11. The quantitative estimate of drug-likeness (QED) is 0.259. The SMILES string of the molecule is CC[C@@H]1CC[C@H](CCCOC2CCCCO2)N(C(=O)OC)[C@@H]1/C=C/CCOCOC. The molecule has 0 bridgehead atoms. The van der Waals surface area contributed by atoms with Crippen LogP contribution in [0.5, 0.6) is 0 Å². The first kappa shape index (κ1) is 25.1. The molecule has 0 aromatic rings. The van der Waals surface area contributed by atoms with Crippen molar-refractivity contribution in [2.75, 3.05) is 40.8 Å². The lowest BCUT2D eigenvalue weighted by atomic mass is 9.82. The summed E-state index contributed by atoms with van der Waals surface area (Å²) in [6, 6.07) is 0.238. The van der Waals surface area contributed by atoms with Gasteiger partial charge in [0.2, 0.25) is 0 Å². The topological polar surface area (TPSA) is 66.5 Å². The minimum Gasteiger partial charge on any atom is -0.453 e. The van der Waals surface area contributed by atoms with Gasteiger partial charge in [0.05, 0.1) is 19.8 Å². The lowest BCUT2D eigenvalue weighted by molar-refractivity contribution is -0.163. The molecule has 4 atom stereocenters. The van der Waals surface area contributed by atoms with Gasteiger partial charge in [0, 0.05) is 26.4 Å². The van der Waals surface area contributed by atoms with Crippen molar-refractivity contribution in [3.63, 3.8) is 0 Å². The molecule has 1 unspecified atom stereocenters. The standard InChI is InChI=1S/C23H41NO6/c1-4-19-13-14-20(10-9-17-30-22-12-6-8-16-29-22)24(23(25)27-3)21(19)11-5-7-15-28-18-26-2/h5,11,19-22H,4,6-10,12-18H2,1-3H3/b11-5+/t19-,20+,21-,22?/m1/s1. The van der Waals surface area contributed by atoms with Crippen molar-refractivity contribution in [2.45, 2.75) is 83.1 Å². The fourth-order valence-corrected chi connectivity index (χ4v) is 4.45. The molecule has 1 amide bonds. The first-order chi connectivity index (χ1) is 14.7. The van der Waals surface area contributed by atoms with Gasteiger partial charge >= 0.3 is 6.09 Å². The normalized spacial score (nSPS) is 27.5. The van der Waals surface area contributed by atoms with Crippen molar-refractivity contribution >= 4 is 6.09 Å². The lowest BCUT2D eigenvalue weighted by Crippen LogP contribution is -2.53. The smallest absolute Gasteiger partial charge is 0.410 e. The Balaban J connectivity index is 1.90. The van der Waals surface area contributed by atoms with E-state index in [0.29, 0.717) is 25.9 Å². The molecule has 0 aromatic heterocycles. The van der Waals surface area contributed by atoms with Crippen LogP contribution >= 0.6 is 0 Å². The monoisotopic (exact) mass is 427 g/mol. The number of hydrogen-bond acceptors (Lipinski definition) is 6. The number of carbonyl (C=O) groups excluding carboxylic acids is 1. The number of rotatable bonds is 12. The Labute approximate surface area is 182 Å². The van der Waals surface area contributed by atoms with Gasteiger partial charge in [-0.15, -0.1) is 0 Å². The molecule has 2 heterocycles. The Kier molecular flexibility index (Phi) is 12.4. The molecule has 0 aromatic carbocycles. The van der Waals surface area contributed by atoms with E-state index >= 15 is 0 Å². The van der Waals surface area contributed by atoms with Gasteiger partial charge in [-0.25, -0.2) is 4.79 Å². The summed E-state index contributed by atoms with van der Waals surface area (Å²) in [5, 5.41) is 0. The summed E-state index contributed by atoms with van der Waals surface area (Å²) in [5.41, 5.74) is 0. The zero-order valence-electron chi connectivity index (χ0n) is 19.1. The third-order valence-corrected chi connectivity index (χ3v) is 6.06. The van der Waals surface area contributed by atoms with Gasteiger partial charge in [-0.3, -0.25) is 4.90 Å². The molecule has 7 heteroatoms. The number of piperidine rings is 1. The highest BCUT2D eigenvalue weighted by atomic mass is 16.7. The molecule has 174 valence electrons. The predicted molar refractivity (Wildman–Crippen MR) is 115 cm³/mol. The molecular formula is C23H41NO6. The summed E-state index contributed by atoms with van der Waals surface area (Å²) in [6.07, 6.45) is 13.1. The van der Waals surface area contributed by atoms with Crippen LogP contribution in [0.4, 0.5) is 4.79 Å². The maximum Gasteiger partial charge on any atom is 0.410 e. The zero-order chi connectivity index (χ0) is 21.6. The number of hydrogen-bond donors (Lipinski definition) is 0. The third kappa shape index (κ3) is 8.17. The second-order valence-electron chi connectivity index (χ2n) is 8.11. The van der Waals surface area contributed by atoms with Crippen molar-refractivity contribution < 1.29 is 28.5 Å². The molecule has 0 spiro atoms. The molecule has 30 heavy (non-hydrogen) atoms. The van der Waals surface area contributed by atoms with Crippen molar-refractivity contribution in [3.8, 4) is 0 Å². The predicted octanol–water partition coefficient (Wildman–Crippen LogP) is 4.50. The number of amides is 1. The van der Waals surface area contributed by atoms with Crippen LogP contribution in [0.2, 0.25) is 0 Å². The van der Waals surface area contributed by atoms with E-state index in [-0.39, 0.29) is 24.5 Å². The van der Waals surface area contributed by atoms with Crippen LogP contribution in [0, 0.1) is 5.92 Å². The molecule has 2 saturated heterocycles. The number of nitrogens with zero attached hydrogens (tertiary/aromatic N) is 1. The van der Waals surface area contributed by atoms with Crippen LogP contribution in [-0.2, 0) is 23.7 Å². The highest BCUT2D eigenvalue weighted by Gasteiger charge is 2.38. The van der Waals surface area contributed by atoms with E-state index in [1.165, 1.54) is 13.5 Å². The molecule has 7 nitrogen and oxygen atoms in total. The molecule has 2 rings (SSSR count). The van der Waals surface area contributed by atoms with Crippen LogP contribution in [0.15, 0.2) is 12.2 Å². The van der Waals surface area contributed by atoms with Gasteiger partial charge in [-0.2, -0.15) is 0 Å². The summed E-state index contributed by atoms with van der Waals surface area (Å²) in [5.74, 6) is 0.448. The molecule has 0 radical (unpaired) electrons. The van der Waals surface area contributed by atoms with E-state index in [2.05, 4.69) is 19.1 Å². The van der Waals surface area contributed by atoms with Gasteiger partial charge in [-0.1, -0.05) is 25.5 Å². The molecular weight excluding hydrogens is 386 g/mol. The molecule has 0 aliphatic carbocycles. The maximum absolute atomic E-state index is 12.7. The zero-order valence-corrected chi connectivity index (χ0v) is 19.1. The summed E-state index contributed by atoms with van der Waals surface area (Å²) in [4.78, 5) is 14.6. The summed E-state index contributed by atoms with van der Waals surface area (Å²) >= 11 is 0. The van der Waals surface area contributed by atoms with Gasteiger partial charge in [-0.05, 0) is 57.3 Å². The Morgan fingerprint density at radius 2 is 2.03 bits per heavy atom. The van der Waals surface area contributed by atoms with Gasteiger partial charge < -0.3 is 23.7 Å². The van der Waals surface area contributed by atoms with Crippen LogP contribution in [0.1, 0.15) is 64.7 Å². The number of methoxy groups -OCH3 is 2. The van der Waals surface area contributed by atoms with Gasteiger partial charge in [0.15, 0.2) is 6.29 Å². The largest absolute Gasteiger partial charge is 0.453 e. The highest BCUT2D eigenvalue weighted by molar-refractivity contribution is 5.69. The van der Waals surface area contributed by atoms with Crippen molar-refractivity contribution in [2.24, 2.45) is 5.92 Å². The Hall–Kier alpha value is -1.15. The molecule has 0 saturated carbocycles. The summed E-state index contributed by atoms with van der Waals surface area (Å²) in [6.45, 7) is 4.58. The first-order valence-electron chi connectivity index (χ1n) is 11.5. The van der Waals surface area contributed by atoms with Crippen LogP contribution in [0.25, 0.3) is 0 Å². The van der Waals surface area contributed by atoms with E-state index in [1.54, 1.807) is 7.11 Å². The van der Waals surface area contributed by atoms with E-state index in [9.17, 15) is 4.79 Å². The Bertz CT molecular complexity index is 494. The van der Waals surface area contributed by atoms with Gasteiger partial charge in [0.1, 0.15) is 6.79 Å². The van der Waals surface area contributed by atoms with Crippen molar-refractivity contribution in [1.82, 2.24) is 4.90 Å². The summed E-state index contributed by atoms with van der Waals surface area (Å²) < 4.78 is 26.9. The van der Waals surface area contributed by atoms with Crippen LogP contribution in [-0.4, -0.2) is 70.2 Å². The van der Waals surface area contributed by atoms with Gasteiger partial charge in [0.25, 0.3) is 0 Å². The number of ether oxygens (including phenoxy) is 5. The second kappa shape index (κ2) is 14.8. The average molecular weight is 428 g/mol. The molecule has 0 N–H and O–H groups in total. The highest BCUT2D eigenvalue weighted by Crippen LogP contribution is 2.34. The number of carbonyl (C=O) groups is 1. The first-order valence-corrected chi connectivity index (χ1v) is 11.5. The van der Waals surface area contributed by atoms with Crippen molar-refractivity contribution in [1.29, 1.82) is 0 Å². The molecule has 2 aliphatic rings. The molecule has 2 aliphatic heterocycles. The van der Waals surface area contributed by atoms with E-state index in [0.717, 1.165) is 58.0 Å². The fourth-order valence-electron chi connectivity index (χ4n) is 4.45. The van der Waals surface area contributed by atoms with E-state index < -0.39 is 0 Å². The fraction of sp³-hybridized carbons (Fsp3) is 0.870. The third-order valence-electron chi connectivity index (χ3n) is 6.06. The van der Waals surface area contributed by atoms with Crippen LogP contribution in [0.3, 0.4) is 0 Å². The summed E-state index contributed by atoms with van der Waals surface area (Å²) in [7, 11) is 3.09. The van der Waals surface area contributed by atoms with E-state index in [1.807, 2.05) is 4.90 Å². The van der Waals surface area contributed by atoms with Crippen molar-refractivity contribution in [3.05, 3.63) is 12.2 Å². The van der Waals surface area contributed by atoms with E-state index in [4.69, 9.17) is 23.7 Å². The lowest BCUT2D eigenvalue weighted by Gasteiger charge is -2.44. The average Bonchev–Trinajstić information content (AvgIpc) is 2.79. The molecule has 2 fully saturated rings. The minimum atomic E-state index is -0.236. The number of likely N-dealkylation sites (tertiary alicyclic amines) is 1. The minimum absolute atomic E-state index is 0.0534.